The monoisotopic (exact) mass is 319 g/mol. The first-order valence-electron chi connectivity index (χ1n) is 7.04. The fourth-order valence-corrected chi connectivity index (χ4v) is 2.81. The van der Waals surface area contributed by atoms with Crippen LogP contribution < -0.4 is 14.8 Å². The first-order valence-corrected chi connectivity index (χ1v) is 7.04. The van der Waals surface area contributed by atoms with E-state index in [4.69, 9.17) is 9.47 Å². The van der Waals surface area contributed by atoms with Gasteiger partial charge in [0.05, 0.1) is 14.2 Å². The summed E-state index contributed by atoms with van der Waals surface area (Å²) in [6.45, 7) is 0. The van der Waals surface area contributed by atoms with Crippen molar-refractivity contribution >= 4 is 11.6 Å². The second-order valence-electron chi connectivity index (χ2n) is 5.27. The van der Waals surface area contributed by atoms with Crippen LogP contribution in [0.2, 0.25) is 0 Å². The molecule has 1 N–H and O–H groups in total. The van der Waals surface area contributed by atoms with Crippen molar-refractivity contribution in [2.24, 2.45) is 0 Å². The first-order chi connectivity index (χ1) is 11.0. The summed E-state index contributed by atoms with van der Waals surface area (Å²) in [5.74, 6) is -1.43. The van der Waals surface area contributed by atoms with Crippen LogP contribution in [0.3, 0.4) is 0 Å². The molecule has 1 unspecified atom stereocenters. The summed E-state index contributed by atoms with van der Waals surface area (Å²) in [6, 6.07) is 7.09. The number of carbonyl (C=O) groups is 1. The molecule has 6 heteroatoms. The van der Waals surface area contributed by atoms with E-state index in [-0.39, 0.29) is 18.2 Å². The van der Waals surface area contributed by atoms with Crippen molar-refractivity contribution < 1.29 is 23.0 Å². The predicted molar refractivity (Wildman–Crippen MR) is 81.0 cm³/mol. The van der Waals surface area contributed by atoms with E-state index in [1.54, 1.807) is 12.1 Å². The van der Waals surface area contributed by atoms with Crippen LogP contribution in [-0.2, 0) is 4.79 Å². The molecule has 0 aromatic heterocycles. The largest absolute Gasteiger partial charge is 0.493 e. The molecule has 1 heterocycles. The van der Waals surface area contributed by atoms with Gasteiger partial charge in [-0.1, -0.05) is 6.07 Å². The van der Waals surface area contributed by atoms with Crippen LogP contribution in [0.5, 0.6) is 11.5 Å². The predicted octanol–water partition coefficient (Wildman–Crippen LogP) is 3.46. The number of benzene rings is 2. The third kappa shape index (κ3) is 2.72. The van der Waals surface area contributed by atoms with Crippen molar-refractivity contribution in [2.75, 3.05) is 19.5 Å². The molecule has 1 amide bonds. The van der Waals surface area contributed by atoms with Crippen molar-refractivity contribution in [3.05, 3.63) is 53.1 Å². The number of carbonyl (C=O) groups excluding carboxylic acids is 1. The SMILES string of the molecule is COc1cc2c(cc1OC)C(c1ccc(F)c(F)c1)CC(=O)N2. The average Bonchev–Trinajstić information content (AvgIpc) is 2.55. The Hall–Kier alpha value is -2.63. The molecule has 120 valence electrons. The zero-order chi connectivity index (χ0) is 16.6. The van der Waals surface area contributed by atoms with Gasteiger partial charge in [-0.05, 0) is 29.3 Å². The molecule has 0 fully saturated rings. The highest BCUT2D eigenvalue weighted by Crippen LogP contribution is 2.43. The second kappa shape index (κ2) is 5.87. The molecule has 0 bridgehead atoms. The summed E-state index contributed by atoms with van der Waals surface area (Å²) in [4.78, 5) is 12.0. The van der Waals surface area contributed by atoms with Gasteiger partial charge in [0.1, 0.15) is 0 Å². The molecular weight excluding hydrogens is 304 g/mol. The molecule has 0 saturated carbocycles. The minimum Gasteiger partial charge on any atom is -0.493 e. The second-order valence-corrected chi connectivity index (χ2v) is 5.27. The van der Waals surface area contributed by atoms with Crippen LogP contribution >= 0.6 is 0 Å². The zero-order valence-electron chi connectivity index (χ0n) is 12.7. The highest BCUT2D eigenvalue weighted by molar-refractivity contribution is 5.96. The highest BCUT2D eigenvalue weighted by Gasteiger charge is 2.29. The lowest BCUT2D eigenvalue weighted by Crippen LogP contribution is -2.23. The number of halogens is 2. The van der Waals surface area contributed by atoms with Crippen LogP contribution in [0.15, 0.2) is 30.3 Å². The van der Waals surface area contributed by atoms with Gasteiger partial charge in [-0.2, -0.15) is 0 Å². The van der Waals surface area contributed by atoms with Crippen molar-refractivity contribution in [1.82, 2.24) is 0 Å². The maximum Gasteiger partial charge on any atom is 0.225 e. The molecule has 1 atom stereocenters. The fourth-order valence-electron chi connectivity index (χ4n) is 2.81. The Balaban J connectivity index is 2.13. The number of rotatable bonds is 3. The number of hydrogen-bond donors (Lipinski definition) is 1. The van der Waals surface area contributed by atoms with Gasteiger partial charge in [-0.3, -0.25) is 4.79 Å². The Kier molecular flexibility index (Phi) is 3.90. The van der Waals surface area contributed by atoms with Crippen molar-refractivity contribution in [2.45, 2.75) is 12.3 Å². The van der Waals surface area contributed by atoms with Gasteiger partial charge in [0.15, 0.2) is 23.1 Å². The Morgan fingerprint density at radius 2 is 1.74 bits per heavy atom. The molecule has 0 aliphatic carbocycles. The van der Waals surface area contributed by atoms with Gasteiger partial charge in [0.2, 0.25) is 5.91 Å². The molecular formula is C17H15F2NO3. The minimum absolute atomic E-state index is 0.146. The molecule has 1 aliphatic rings. The fraction of sp³-hybridized carbons (Fsp3) is 0.235. The van der Waals surface area contributed by atoms with E-state index in [1.165, 1.54) is 20.3 Å². The van der Waals surface area contributed by atoms with Crippen LogP contribution in [0.25, 0.3) is 0 Å². The van der Waals surface area contributed by atoms with Crippen LogP contribution in [-0.4, -0.2) is 20.1 Å². The van der Waals surface area contributed by atoms with Gasteiger partial charge in [-0.15, -0.1) is 0 Å². The zero-order valence-corrected chi connectivity index (χ0v) is 12.7. The molecule has 2 aromatic rings. The Morgan fingerprint density at radius 1 is 1.04 bits per heavy atom. The number of ether oxygens (including phenoxy) is 2. The van der Waals surface area contributed by atoms with Gasteiger partial charge in [0, 0.05) is 24.1 Å². The van der Waals surface area contributed by atoms with Gasteiger partial charge in [-0.25, -0.2) is 8.78 Å². The van der Waals surface area contributed by atoms with E-state index in [2.05, 4.69) is 5.32 Å². The smallest absolute Gasteiger partial charge is 0.225 e. The third-order valence-electron chi connectivity index (χ3n) is 3.94. The number of nitrogens with one attached hydrogen (secondary N) is 1. The summed E-state index contributed by atoms with van der Waals surface area (Å²) in [6.07, 6.45) is 0.146. The molecule has 0 spiro atoms. The highest BCUT2D eigenvalue weighted by atomic mass is 19.2. The molecule has 1 aliphatic heterocycles. The molecule has 2 aromatic carbocycles. The Bertz CT molecular complexity index is 777. The first kappa shape index (κ1) is 15.3. The topological polar surface area (TPSA) is 47.6 Å². The van der Waals surface area contributed by atoms with E-state index in [1.807, 2.05) is 0 Å². The van der Waals surface area contributed by atoms with Crippen LogP contribution in [0.4, 0.5) is 14.5 Å². The Labute approximate surface area is 132 Å². The molecule has 0 saturated heterocycles. The summed E-state index contributed by atoms with van der Waals surface area (Å²) in [5, 5.41) is 2.77. The number of amides is 1. The average molecular weight is 319 g/mol. The summed E-state index contributed by atoms with van der Waals surface area (Å²) < 4.78 is 37.2. The van der Waals surface area contributed by atoms with E-state index < -0.39 is 11.6 Å². The van der Waals surface area contributed by atoms with Crippen LogP contribution in [0.1, 0.15) is 23.5 Å². The van der Waals surface area contributed by atoms with Crippen molar-refractivity contribution in [1.29, 1.82) is 0 Å². The normalized spacial score (nSPS) is 16.5. The lowest BCUT2D eigenvalue weighted by Gasteiger charge is -2.27. The lowest BCUT2D eigenvalue weighted by atomic mass is 9.84. The number of methoxy groups -OCH3 is 2. The Morgan fingerprint density at radius 3 is 2.39 bits per heavy atom. The van der Waals surface area contributed by atoms with Crippen molar-refractivity contribution in [3.8, 4) is 11.5 Å². The molecule has 4 nitrogen and oxygen atoms in total. The van der Waals surface area contributed by atoms with Gasteiger partial charge >= 0.3 is 0 Å². The number of fused-ring (bicyclic) bond motifs is 1. The van der Waals surface area contributed by atoms with Gasteiger partial charge < -0.3 is 14.8 Å². The lowest BCUT2D eigenvalue weighted by molar-refractivity contribution is -0.116. The van der Waals surface area contributed by atoms with Crippen molar-refractivity contribution in [3.63, 3.8) is 0 Å². The molecule has 23 heavy (non-hydrogen) atoms. The minimum atomic E-state index is -0.935. The quantitative estimate of drug-likeness (QED) is 0.942. The number of hydrogen-bond acceptors (Lipinski definition) is 3. The van der Waals surface area contributed by atoms with E-state index >= 15 is 0 Å². The molecule has 3 rings (SSSR count). The molecule has 0 radical (unpaired) electrons. The maximum absolute atomic E-state index is 13.6. The van der Waals surface area contributed by atoms with E-state index in [9.17, 15) is 13.6 Å². The van der Waals surface area contributed by atoms with Crippen LogP contribution in [0, 0.1) is 11.6 Å². The number of anilines is 1. The standard InChI is InChI=1S/C17H15F2NO3/c1-22-15-6-11-10(9-3-4-12(18)13(19)5-9)7-17(21)20-14(11)8-16(15)23-2/h3-6,8,10H,7H2,1-2H3,(H,20,21). The third-order valence-corrected chi connectivity index (χ3v) is 3.94. The van der Waals surface area contributed by atoms with E-state index in [0.717, 1.165) is 17.7 Å². The summed E-state index contributed by atoms with van der Waals surface area (Å²) >= 11 is 0. The summed E-state index contributed by atoms with van der Waals surface area (Å²) in [7, 11) is 3.01. The van der Waals surface area contributed by atoms with Gasteiger partial charge in [0.25, 0.3) is 0 Å². The van der Waals surface area contributed by atoms with E-state index in [0.29, 0.717) is 22.7 Å². The maximum atomic E-state index is 13.6. The summed E-state index contributed by atoms with van der Waals surface area (Å²) in [5.41, 5.74) is 1.88.